The van der Waals surface area contributed by atoms with Crippen molar-refractivity contribution in [2.45, 2.75) is 26.7 Å². The molecule has 1 fully saturated rings. The Morgan fingerprint density at radius 1 is 1.14 bits per heavy atom. The average Bonchev–Trinajstić information content (AvgIpc) is 3.08. The molecule has 0 spiro atoms. The molecule has 6 heteroatoms. The van der Waals surface area contributed by atoms with Gasteiger partial charge in [0.2, 0.25) is 11.8 Å². The van der Waals surface area contributed by atoms with E-state index in [-0.39, 0.29) is 24.1 Å². The Morgan fingerprint density at radius 2 is 1.93 bits per heavy atom. The van der Waals surface area contributed by atoms with E-state index >= 15 is 0 Å². The van der Waals surface area contributed by atoms with E-state index in [9.17, 15) is 14.4 Å². The van der Waals surface area contributed by atoms with Crippen molar-refractivity contribution < 1.29 is 14.4 Å². The maximum atomic E-state index is 12.8. The number of nitrogens with one attached hydrogen (secondary N) is 2. The molecule has 0 radical (unpaired) electrons. The fraction of sp³-hybridized carbons (Fsp3) is 0.318. The van der Waals surface area contributed by atoms with Gasteiger partial charge in [0, 0.05) is 25.2 Å². The Bertz CT molecular complexity index is 894. The third kappa shape index (κ3) is 4.39. The number of carbonyl (C=O) groups excluding carboxylic acids is 3. The van der Waals surface area contributed by atoms with Gasteiger partial charge >= 0.3 is 0 Å². The molecule has 146 valence electrons. The molecule has 1 aliphatic heterocycles. The van der Waals surface area contributed by atoms with E-state index in [1.165, 1.54) is 0 Å². The summed E-state index contributed by atoms with van der Waals surface area (Å²) in [7, 11) is 0. The van der Waals surface area contributed by atoms with Crippen LogP contribution < -0.4 is 15.5 Å². The van der Waals surface area contributed by atoms with Crippen LogP contribution in [0.1, 0.15) is 35.7 Å². The molecule has 0 unspecified atom stereocenters. The standard InChI is InChI=1S/C22H25N3O3/c1-3-11-23-22(28)18-9-4-5-10-19(18)24-21(27)16-13-20(26)25(14-16)17-8-6-7-15(2)12-17/h4-10,12,16H,3,11,13-14H2,1-2H3,(H,23,28)(H,24,27)/t16-/m1/s1. The van der Waals surface area contributed by atoms with E-state index in [2.05, 4.69) is 10.6 Å². The number of amides is 3. The van der Waals surface area contributed by atoms with Crippen LogP contribution in [0.2, 0.25) is 0 Å². The number of carbonyl (C=O) groups is 3. The molecule has 0 aliphatic carbocycles. The van der Waals surface area contributed by atoms with Gasteiger partial charge < -0.3 is 15.5 Å². The van der Waals surface area contributed by atoms with E-state index in [1.54, 1.807) is 29.2 Å². The summed E-state index contributed by atoms with van der Waals surface area (Å²) in [6.45, 7) is 4.85. The van der Waals surface area contributed by atoms with Crippen molar-refractivity contribution >= 4 is 29.1 Å². The van der Waals surface area contributed by atoms with Crippen LogP contribution in [0.25, 0.3) is 0 Å². The fourth-order valence-corrected chi connectivity index (χ4v) is 3.29. The van der Waals surface area contributed by atoms with Crippen molar-refractivity contribution in [2.75, 3.05) is 23.3 Å². The summed E-state index contributed by atoms with van der Waals surface area (Å²) in [5.41, 5.74) is 2.75. The molecule has 28 heavy (non-hydrogen) atoms. The van der Waals surface area contributed by atoms with Gasteiger partial charge in [0.25, 0.3) is 5.91 Å². The lowest BCUT2D eigenvalue weighted by Crippen LogP contribution is -2.29. The van der Waals surface area contributed by atoms with Crippen LogP contribution in [-0.2, 0) is 9.59 Å². The first-order valence-corrected chi connectivity index (χ1v) is 9.54. The molecule has 2 aromatic rings. The van der Waals surface area contributed by atoms with E-state index < -0.39 is 5.92 Å². The number of benzene rings is 2. The second kappa shape index (κ2) is 8.69. The van der Waals surface area contributed by atoms with Crippen LogP contribution in [0.4, 0.5) is 11.4 Å². The molecule has 3 amide bonds. The molecule has 0 saturated carbocycles. The predicted octanol–water partition coefficient (Wildman–Crippen LogP) is 3.13. The van der Waals surface area contributed by atoms with Crippen LogP contribution in [0, 0.1) is 12.8 Å². The highest BCUT2D eigenvalue weighted by Crippen LogP contribution is 2.27. The van der Waals surface area contributed by atoms with Gasteiger partial charge in [-0.3, -0.25) is 14.4 Å². The zero-order valence-corrected chi connectivity index (χ0v) is 16.2. The molecule has 1 aliphatic rings. The zero-order valence-electron chi connectivity index (χ0n) is 16.2. The number of hydrogen-bond acceptors (Lipinski definition) is 3. The molecular weight excluding hydrogens is 354 g/mol. The summed E-state index contributed by atoms with van der Waals surface area (Å²) < 4.78 is 0. The number of hydrogen-bond donors (Lipinski definition) is 2. The second-order valence-corrected chi connectivity index (χ2v) is 7.04. The molecule has 1 atom stereocenters. The fourth-order valence-electron chi connectivity index (χ4n) is 3.29. The van der Waals surface area contributed by atoms with Gasteiger partial charge in [-0.2, -0.15) is 0 Å². The lowest BCUT2D eigenvalue weighted by atomic mass is 10.1. The highest BCUT2D eigenvalue weighted by Gasteiger charge is 2.35. The normalized spacial score (nSPS) is 16.1. The largest absolute Gasteiger partial charge is 0.352 e. The smallest absolute Gasteiger partial charge is 0.253 e. The molecule has 2 N–H and O–H groups in total. The summed E-state index contributed by atoms with van der Waals surface area (Å²) >= 11 is 0. The predicted molar refractivity (Wildman–Crippen MR) is 109 cm³/mol. The van der Waals surface area contributed by atoms with Crippen LogP contribution in [0.5, 0.6) is 0 Å². The molecular formula is C22H25N3O3. The molecule has 1 heterocycles. The first-order valence-electron chi connectivity index (χ1n) is 9.54. The molecule has 0 bridgehead atoms. The van der Waals surface area contributed by atoms with E-state index in [1.807, 2.05) is 38.1 Å². The van der Waals surface area contributed by atoms with E-state index in [0.29, 0.717) is 24.3 Å². The Morgan fingerprint density at radius 3 is 2.68 bits per heavy atom. The average molecular weight is 379 g/mol. The minimum absolute atomic E-state index is 0.0697. The maximum Gasteiger partial charge on any atom is 0.253 e. The monoisotopic (exact) mass is 379 g/mol. The zero-order chi connectivity index (χ0) is 20.1. The second-order valence-electron chi connectivity index (χ2n) is 7.04. The summed E-state index contributed by atoms with van der Waals surface area (Å²) in [6, 6.07) is 14.6. The quantitative estimate of drug-likeness (QED) is 0.809. The molecule has 6 nitrogen and oxygen atoms in total. The van der Waals surface area contributed by atoms with Gasteiger partial charge in [-0.15, -0.1) is 0 Å². The van der Waals surface area contributed by atoms with Crippen molar-refractivity contribution in [3.63, 3.8) is 0 Å². The number of anilines is 2. The van der Waals surface area contributed by atoms with Gasteiger partial charge in [0.15, 0.2) is 0 Å². The molecule has 2 aromatic carbocycles. The Balaban J connectivity index is 1.71. The van der Waals surface area contributed by atoms with E-state index in [0.717, 1.165) is 17.7 Å². The van der Waals surface area contributed by atoms with E-state index in [4.69, 9.17) is 0 Å². The molecule has 3 rings (SSSR count). The topological polar surface area (TPSA) is 78.5 Å². The molecule has 1 saturated heterocycles. The minimum Gasteiger partial charge on any atom is -0.352 e. The summed E-state index contributed by atoms with van der Waals surface area (Å²) in [5.74, 6) is -1.000. The lowest BCUT2D eigenvalue weighted by molar-refractivity contribution is -0.122. The first kappa shape index (κ1) is 19.6. The Kier molecular flexibility index (Phi) is 6.09. The Hall–Kier alpha value is -3.15. The van der Waals surface area contributed by atoms with Crippen LogP contribution in [-0.4, -0.2) is 30.8 Å². The van der Waals surface area contributed by atoms with Crippen molar-refractivity contribution in [1.82, 2.24) is 5.32 Å². The van der Waals surface area contributed by atoms with Crippen LogP contribution >= 0.6 is 0 Å². The van der Waals surface area contributed by atoms with Crippen molar-refractivity contribution in [3.8, 4) is 0 Å². The van der Waals surface area contributed by atoms with Crippen molar-refractivity contribution in [1.29, 1.82) is 0 Å². The van der Waals surface area contributed by atoms with Crippen molar-refractivity contribution in [3.05, 3.63) is 59.7 Å². The number of aryl methyl sites for hydroxylation is 1. The summed E-state index contributed by atoms with van der Waals surface area (Å²) in [5, 5.41) is 5.66. The minimum atomic E-state index is -0.459. The highest BCUT2D eigenvalue weighted by atomic mass is 16.2. The Labute approximate surface area is 164 Å². The van der Waals surface area contributed by atoms with Gasteiger partial charge in [-0.25, -0.2) is 0 Å². The number of nitrogens with zero attached hydrogens (tertiary/aromatic N) is 1. The van der Waals surface area contributed by atoms with Gasteiger partial charge in [-0.05, 0) is 43.2 Å². The lowest BCUT2D eigenvalue weighted by Gasteiger charge is -2.17. The van der Waals surface area contributed by atoms with Crippen molar-refractivity contribution in [2.24, 2.45) is 5.92 Å². The van der Waals surface area contributed by atoms with Crippen LogP contribution in [0.15, 0.2) is 48.5 Å². The molecule has 0 aromatic heterocycles. The number of para-hydroxylation sites is 1. The highest BCUT2D eigenvalue weighted by molar-refractivity contribution is 6.07. The van der Waals surface area contributed by atoms with Gasteiger partial charge in [-0.1, -0.05) is 31.2 Å². The SMILES string of the molecule is CCCNC(=O)c1ccccc1NC(=O)[C@@H]1CC(=O)N(c2cccc(C)c2)C1. The first-order chi connectivity index (χ1) is 13.5. The van der Waals surface area contributed by atoms with Crippen LogP contribution in [0.3, 0.4) is 0 Å². The summed E-state index contributed by atoms with van der Waals surface area (Å²) in [6.07, 6.45) is 0.989. The van der Waals surface area contributed by atoms with Gasteiger partial charge in [0.1, 0.15) is 0 Å². The third-order valence-corrected chi connectivity index (χ3v) is 4.77. The maximum absolute atomic E-state index is 12.8. The summed E-state index contributed by atoms with van der Waals surface area (Å²) in [4.78, 5) is 39.2. The van der Waals surface area contributed by atoms with Gasteiger partial charge in [0.05, 0.1) is 17.2 Å². The number of rotatable bonds is 6. The third-order valence-electron chi connectivity index (χ3n) is 4.77.